The Morgan fingerprint density at radius 3 is 2.42 bits per heavy atom. The Morgan fingerprint density at radius 1 is 1.13 bits per heavy atom. The van der Waals surface area contributed by atoms with E-state index in [1.165, 1.54) is 11.4 Å². The van der Waals surface area contributed by atoms with Gasteiger partial charge >= 0.3 is 0 Å². The summed E-state index contributed by atoms with van der Waals surface area (Å²) in [6.07, 6.45) is 2.68. The van der Waals surface area contributed by atoms with Crippen LogP contribution in [-0.4, -0.2) is 69.0 Å². The van der Waals surface area contributed by atoms with Crippen LogP contribution < -0.4 is 4.74 Å². The molecule has 1 aromatic carbocycles. The predicted octanol–water partition coefficient (Wildman–Crippen LogP) is 2.17. The van der Waals surface area contributed by atoms with Gasteiger partial charge in [0.25, 0.3) is 0 Å². The van der Waals surface area contributed by atoms with Crippen LogP contribution in [0.2, 0.25) is 0 Å². The van der Waals surface area contributed by atoms with Crippen LogP contribution >= 0.6 is 0 Å². The third kappa shape index (κ3) is 5.81. The first kappa shape index (κ1) is 23.2. The first-order valence-corrected chi connectivity index (χ1v) is 11.7. The van der Waals surface area contributed by atoms with Crippen LogP contribution in [0.1, 0.15) is 18.5 Å². The van der Waals surface area contributed by atoms with Gasteiger partial charge in [-0.05, 0) is 49.2 Å². The summed E-state index contributed by atoms with van der Waals surface area (Å²) in [5.74, 6) is 0.402. The van der Waals surface area contributed by atoms with E-state index in [0.717, 1.165) is 5.69 Å². The molecule has 0 radical (unpaired) electrons. The topological polar surface area (TPSA) is 89.0 Å². The van der Waals surface area contributed by atoms with Gasteiger partial charge in [-0.25, -0.2) is 8.42 Å². The smallest absolute Gasteiger partial charge is 0.243 e. The molecule has 0 atom stereocenters. The molecule has 168 valence electrons. The minimum absolute atomic E-state index is 0.0178. The Morgan fingerprint density at radius 2 is 1.84 bits per heavy atom. The molecule has 0 saturated carbocycles. The lowest BCUT2D eigenvalue weighted by molar-refractivity contribution is -0.138. The molecule has 0 bridgehead atoms. The fourth-order valence-corrected chi connectivity index (χ4v) is 5.12. The molecular weight excluding hydrogens is 418 g/mol. The Labute approximate surface area is 183 Å². The van der Waals surface area contributed by atoms with Gasteiger partial charge in [0.1, 0.15) is 5.75 Å². The maximum Gasteiger partial charge on any atom is 0.243 e. The molecular formula is C22H29N3O5S. The summed E-state index contributed by atoms with van der Waals surface area (Å²) >= 11 is 0. The number of carbonyl (C=O) groups is 1. The number of rotatable bonds is 9. The van der Waals surface area contributed by atoms with Crippen molar-refractivity contribution in [3.63, 3.8) is 0 Å². The molecule has 0 spiro atoms. The zero-order valence-electron chi connectivity index (χ0n) is 17.9. The van der Waals surface area contributed by atoms with Crippen molar-refractivity contribution in [3.05, 3.63) is 54.4 Å². The number of hydrogen-bond donors (Lipinski definition) is 0. The van der Waals surface area contributed by atoms with Crippen molar-refractivity contribution in [3.8, 4) is 5.75 Å². The summed E-state index contributed by atoms with van der Waals surface area (Å²) in [6.45, 7) is 1.94. The second-order valence-corrected chi connectivity index (χ2v) is 9.37. The van der Waals surface area contributed by atoms with Crippen molar-refractivity contribution >= 4 is 15.9 Å². The van der Waals surface area contributed by atoms with E-state index in [0.29, 0.717) is 51.4 Å². The molecule has 0 N–H and O–H groups in total. The largest absolute Gasteiger partial charge is 0.497 e. The molecule has 1 saturated heterocycles. The second kappa shape index (κ2) is 10.7. The fourth-order valence-electron chi connectivity index (χ4n) is 3.65. The van der Waals surface area contributed by atoms with E-state index in [1.807, 2.05) is 18.2 Å². The molecule has 0 aliphatic carbocycles. The lowest BCUT2D eigenvalue weighted by Gasteiger charge is -2.33. The molecule has 2 aromatic rings. The summed E-state index contributed by atoms with van der Waals surface area (Å²) in [5.41, 5.74) is 0.812. The van der Waals surface area contributed by atoms with Crippen molar-refractivity contribution in [1.82, 2.24) is 14.2 Å². The van der Waals surface area contributed by atoms with Crippen molar-refractivity contribution in [2.45, 2.75) is 24.3 Å². The number of pyridine rings is 1. The first-order chi connectivity index (χ1) is 15.0. The van der Waals surface area contributed by atoms with Crippen LogP contribution in [0.4, 0.5) is 0 Å². The number of ether oxygens (including phenoxy) is 2. The molecule has 0 unspecified atom stereocenters. The van der Waals surface area contributed by atoms with Crippen LogP contribution in [0.15, 0.2) is 53.6 Å². The van der Waals surface area contributed by atoms with Gasteiger partial charge in [-0.1, -0.05) is 6.07 Å². The molecule has 1 amide bonds. The maximum atomic E-state index is 13.2. The van der Waals surface area contributed by atoms with Gasteiger partial charge in [-0.2, -0.15) is 4.31 Å². The second-order valence-electron chi connectivity index (χ2n) is 7.43. The van der Waals surface area contributed by atoms with Crippen molar-refractivity contribution in [1.29, 1.82) is 0 Å². The van der Waals surface area contributed by atoms with Gasteiger partial charge in [0.2, 0.25) is 15.9 Å². The van der Waals surface area contributed by atoms with E-state index in [4.69, 9.17) is 9.47 Å². The highest BCUT2D eigenvalue weighted by molar-refractivity contribution is 7.89. The summed E-state index contributed by atoms with van der Waals surface area (Å²) in [6, 6.07) is 12.0. The summed E-state index contributed by atoms with van der Waals surface area (Å²) < 4.78 is 37.6. The first-order valence-electron chi connectivity index (χ1n) is 10.3. The average molecular weight is 448 g/mol. The third-order valence-corrected chi connectivity index (χ3v) is 7.37. The van der Waals surface area contributed by atoms with E-state index in [-0.39, 0.29) is 16.7 Å². The van der Waals surface area contributed by atoms with Crippen LogP contribution in [0.5, 0.6) is 5.75 Å². The number of sulfonamides is 1. The van der Waals surface area contributed by atoms with E-state index in [1.54, 1.807) is 42.5 Å². The fraction of sp³-hybridized carbons (Fsp3) is 0.455. The van der Waals surface area contributed by atoms with Crippen molar-refractivity contribution in [2.24, 2.45) is 5.92 Å². The molecule has 3 rings (SSSR count). The van der Waals surface area contributed by atoms with E-state index < -0.39 is 10.0 Å². The third-order valence-electron chi connectivity index (χ3n) is 5.46. The molecule has 1 fully saturated rings. The standard InChI is InChI=1S/C22H29N3O5S/c1-29-16-15-24(17-19-5-3-4-12-23-19)22(26)18-10-13-25(14-11-18)31(27,28)21-8-6-20(30-2)7-9-21/h3-9,12,18H,10-11,13-17H2,1-2H3. The highest BCUT2D eigenvalue weighted by Crippen LogP contribution is 2.26. The zero-order chi connectivity index (χ0) is 22.3. The highest BCUT2D eigenvalue weighted by atomic mass is 32.2. The Balaban J connectivity index is 1.64. The molecule has 2 heterocycles. The number of methoxy groups -OCH3 is 2. The van der Waals surface area contributed by atoms with Gasteiger partial charge in [0.15, 0.2) is 0 Å². The van der Waals surface area contributed by atoms with Crippen molar-refractivity contribution < 1.29 is 22.7 Å². The van der Waals surface area contributed by atoms with Crippen LogP contribution in [0.3, 0.4) is 0 Å². The summed E-state index contributed by atoms with van der Waals surface area (Å²) in [4.78, 5) is 19.5. The SMILES string of the molecule is COCCN(Cc1ccccn1)C(=O)C1CCN(S(=O)(=O)c2ccc(OC)cc2)CC1. The highest BCUT2D eigenvalue weighted by Gasteiger charge is 2.34. The van der Waals surface area contributed by atoms with Crippen LogP contribution in [0, 0.1) is 5.92 Å². The number of carbonyl (C=O) groups excluding carboxylic acids is 1. The van der Waals surface area contributed by atoms with Gasteiger partial charge in [0.05, 0.1) is 30.9 Å². The number of amides is 1. The molecule has 8 nitrogen and oxygen atoms in total. The number of aromatic nitrogens is 1. The van der Waals surface area contributed by atoms with E-state index in [9.17, 15) is 13.2 Å². The van der Waals surface area contributed by atoms with Gasteiger partial charge < -0.3 is 14.4 Å². The number of benzene rings is 1. The average Bonchev–Trinajstić information content (AvgIpc) is 2.82. The van der Waals surface area contributed by atoms with E-state index >= 15 is 0 Å². The molecule has 31 heavy (non-hydrogen) atoms. The molecule has 1 aromatic heterocycles. The summed E-state index contributed by atoms with van der Waals surface area (Å²) in [5, 5.41) is 0. The van der Waals surface area contributed by atoms with E-state index in [2.05, 4.69) is 4.98 Å². The Kier molecular flexibility index (Phi) is 8.00. The Bertz CT molecular complexity index is 943. The molecule has 1 aliphatic heterocycles. The van der Waals surface area contributed by atoms with Crippen LogP contribution in [-0.2, 0) is 26.1 Å². The monoisotopic (exact) mass is 447 g/mol. The lowest BCUT2D eigenvalue weighted by Crippen LogP contribution is -2.45. The minimum atomic E-state index is -3.60. The lowest BCUT2D eigenvalue weighted by atomic mass is 9.96. The minimum Gasteiger partial charge on any atom is -0.497 e. The molecule has 9 heteroatoms. The quantitative estimate of drug-likeness (QED) is 0.585. The van der Waals surface area contributed by atoms with Gasteiger partial charge in [-0.15, -0.1) is 0 Å². The van der Waals surface area contributed by atoms with Gasteiger partial charge in [-0.3, -0.25) is 9.78 Å². The number of hydrogen-bond acceptors (Lipinski definition) is 6. The zero-order valence-corrected chi connectivity index (χ0v) is 18.8. The maximum absolute atomic E-state index is 13.2. The van der Waals surface area contributed by atoms with Crippen LogP contribution in [0.25, 0.3) is 0 Å². The van der Waals surface area contributed by atoms with Gasteiger partial charge in [0, 0.05) is 38.9 Å². The molecule has 1 aliphatic rings. The Hall–Kier alpha value is -2.49. The number of piperidine rings is 1. The predicted molar refractivity (Wildman–Crippen MR) is 116 cm³/mol. The summed E-state index contributed by atoms with van der Waals surface area (Å²) in [7, 11) is -0.456. The van der Waals surface area contributed by atoms with Crippen molar-refractivity contribution in [2.75, 3.05) is 40.5 Å². The number of nitrogens with zero attached hydrogens (tertiary/aromatic N) is 3. The normalized spacial score (nSPS) is 15.5.